The third-order valence-electron chi connectivity index (χ3n) is 19.1. The lowest BCUT2D eigenvalue weighted by Gasteiger charge is -2.30. The third-order valence-corrected chi connectivity index (χ3v) is 19.1. The molecule has 13 aromatic carbocycles. The topological polar surface area (TPSA) is 31.2 Å². The highest BCUT2D eigenvalue weighted by Crippen LogP contribution is 2.51. The molecular formula is C84H54N4O. The monoisotopic (exact) mass is 1130 g/mol. The summed E-state index contributed by atoms with van der Waals surface area (Å²) in [4.78, 5) is 2.53. The van der Waals surface area contributed by atoms with Crippen LogP contribution >= 0.6 is 0 Å². The molecular weight excluding hydrogens is 1080 g/mol. The van der Waals surface area contributed by atoms with Crippen LogP contribution < -0.4 is 4.90 Å². The molecule has 0 saturated carbocycles. The van der Waals surface area contributed by atoms with Gasteiger partial charge in [-0.25, -0.2) is 0 Å². The highest BCUT2D eigenvalue weighted by Gasteiger charge is 2.38. The largest absolute Gasteiger partial charge is 0.455 e. The van der Waals surface area contributed by atoms with Crippen LogP contribution in [0.15, 0.2) is 320 Å². The lowest BCUT2D eigenvalue weighted by molar-refractivity contribution is 0.670. The quantitative estimate of drug-likeness (QED) is 0.152. The fourth-order valence-corrected chi connectivity index (χ4v) is 15.2. The van der Waals surface area contributed by atoms with Gasteiger partial charge in [0.2, 0.25) is 0 Å². The summed E-state index contributed by atoms with van der Waals surface area (Å²) >= 11 is 0. The molecule has 2 aliphatic rings. The molecule has 89 heavy (non-hydrogen) atoms. The van der Waals surface area contributed by atoms with Crippen molar-refractivity contribution in [2.24, 2.45) is 0 Å². The predicted octanol–water partition coefficient (Wildman–Crippen LogP) is 22.1. The molecule has 0 saturated heterocycles. The average molecular weight is 1140 g/mol. The zero-order valence-corrected chi connectivity index (χ0v) is 48.4. The number of anilines is 2. The van der Waals surface area contributed by atoms with Crippen molar-refractivity contribution in [2.45, 2.75) is 12.0 Å². The van der Waals surface area contributed by atoms with Crippen molar-refractivity contribution in [1.82, 2.24) is 13.7 Å². The van der Waals surface area contributed by atoms with Gasteiger partial charge in [0.25, 0.3) is 0 Å². The van der Waals surface area contributed by atoms with E-state index in [0.717, 1.165) is 72.4 Å². The Morgan fingerprint density at radius 1 is 0.292 bits per heavy atom. The van der Waals surface area contributed by atoms with Crippen LogP contribution in [0.1, 0.15) is 17.0 Å². The van der Waals surface area contributed by atoms with E-state index in [9.17, 15) is 0 Å². The first-order chi connectivity index (χ1) is 44.1. The van der Waals surface area contributed by atoms with E-state index in [2.05, 4.69) is 334 Å². The Morgan fingerprint density at radius 3 is 1.53 bits per heavy atom. The minimum absolute atomic E-state index is 0.106. The second kappa shape index (κ2) is 19.4. The van der Waals surface area contributed by atoms with E-state index in [1.54, 1.807) is 0 Å². The van der Waals surface area contributed by atoms with Gasteiger partial charge in [0, 0.05) is 83.0 Å². The fourth-order valence-electron chi connectivity index (χ4n) is 15.2. The first-order valence-electron chi connectivity index (χ1n) is 30.8. The molecule has 17 aromatic rings. The van der Waals surface area contributed by atoms with Crippen molar-refractivity contribution in [2.75, 3.05) is 4.90 Å². The Hall–Kier alpha value is -11.7. The summed E-state index contributed by atoms with van der Waals surface area (Å²) in [5, 5.41) is 9.65. The first-order valence-corrected chi connectivity index (χ1v) is 30.8. The standard InChI is InChI=1S/C84H54N4O/c1-2-22-60(23-3-1)85-78-36-12-7-29-68(78)72-49-57(39-43-80(72)85)54-19-14-18-53(46-54)55-20-15-25-62(47-55)88-77-35-11-6-28-67(77)70-42-38-59(51-82(70)88)64-31-17-32-71-74-52-63(41-45-83(74)89-84(64)71)87-79-37-13-8-30-69(79)73-50-58(40-44-81(73)87)56-21-16-24-61(48-56)86-75-33-9-4-26-65(75)66-27-5-10-34-76(66)86/h1-52,73,81H. The highest BCUT2D eigenvalue weighted by molar-refractivity contribution is 6.15. The van der Waals surface area contributed by atoms with Crippen LogP contribution in [0.25, 0.3) is 143 Å². The van der Waals surface area contributed by atoms with E-state index in [4.69, 9.17) is 4.42 Å². The molecule has 1 aliphatic carbocycles. The van der Waals surface area contributed by atoms with E-state index < -0.39 is 0 Å². The van der Waals surface area contributed by atoms with Crippen molar-refractivity contribution in [3.05, 3.63) is 327 Å². The molecule has 0 bridgehead atoms. The van der Waals surface area contributed by atoms with Crippen LogP contribution in [0.5, 0.6) is 0 Å². The van der Waals surface area contributed by atoms with Gasteiger partial charge >= 0.3 is 0 Å². The van der Waals surface area contributed by atoms with Gasteiger partial charge in [0.15, 0.2) is 0 Å². The summed E-state index contributed by atoms with van der Waals surface area (Å²) in [7, 11) is 0. The van der Waals surface area contributed by atoms with Crippen molar-refractivity contribution >= 4 is 104 Å². The number of para-hydroxylation sites is 7. The number of nitrogens with zero attached hydrogens (tertiary/aromatic N) is 4. The van der Waals surface area contributed by atoms with Crippen molar-refractivity contribution < 1.29 is 4.42 Å². The van der Waals surface area contributed by atoms with Crippen LogP contribution in [0.3, 0.4) is 0 Å². The highest BCUT2D eigenvalue weighted by atomic mass is 16.3. The summed E-state index contributed by atoms with van der Waals surface area (Å²) in [6, 6.07) is 109. The van der Waals surface area contributed by atoms with Crippen LogP contribution in [-0.2, 0) is 0 Å². The molecule has 1 aliphatic heterocycles. The van der Waals surface area contributed by atoms with Gasteiger partial charge in [-0.2, -0.15) is 0 Å². The Bertz CT molecular complexity index is 5790. The van der Waals surface area contributed by atoms with Gasteiger partial charge in [-0.3, -0.25) is 0 Å². The van der Waals surface area contributed by atoms with Crippen LogP contribution in [0, 0.1) is 0 Å². The number of fused-ring (bicyclic) bond motifs is 15. The van der Waals surface area contributed by atoms with Gasteiger partial charge in [0.1, 0.15) is 11.2 Å². The molecule has 0 amide bonds. The maximum absolute atomic E-state index is 6.98. The van der Waals surface area contributed by atoms with E-state index in [1.807, 2.05) is 0 Å². The summed E-state index contributed by atoms with van der Waals surface area (Å²) in [6.45, 7) is 0. The second-order valence-electron chi connectivity index (χ2n) is 23.9. The van der Waals surface area contributed by atoms with Crippen molar-refractivity contribution in [3.63, 3.8) is 0 Å². The Labute approximate surface area is 513 Å². The molecule has 0 spiro atoms. The van der Waals surface area contributed by atoms with E-state index in [-0.39, 0.29) is 12.0 Å². The number of allylic oxidation sites excluding steroid dienone is 2. The Kier molecular flexibility index (Phi) is 10.8. The van der Waals surface area contributed by atoms with Gasteiger partial charge in [-0.1, -0.05) is 206 Å². The van der Waals surface area contributed by atoms with Crippen LogP contribution in [-0.4, -0.2) is 19.7 Å². The van der Waals surface area contributed by atoms with Gasteiger partial charge in [0.05, 0.1) is 39.1 Å². The lowest BCUT2D eigenvalue weighted by atomic mass is 9.86. The fraction of sp³-hybridized carbons (Fsp3) is 0.0238. The average Bonchev–Trinajstić information content (AvgIpc) is 1.79. The van der Waals surface area contributed by atoms with Crippen molar-refractivity contribution in [3.8, 4) is 50.4 Å². The molecule has 2 unspecified atom stereocenters. The smallest absolute Gasteiger partial charge is 0.143 e. The Morgan fingerprint density at radius 2 is 0.809 bits per heavy atom. The maximum atomic E-state index is 6.98. The lowest BCUT2D eigenvalue weighted by Crippen LogP contribution is -2.28. The number of rotatable bonds is 8. The molecule has 5 heterocycles. The minimum atomic E-state index is 0.106. The van der Waals surface area contributed by atoms with Gasteiger partial charge < -0.3 is 23.0 Å². The van der Waals surface area contributed by atoms with Gasteiger partial charge in [-0.15, -0.1) is 0 Å². The molecule has 4 aromatic heterocycles. The number of hydrogen-bond donors (Lipinski definition) is 0. The Balaban J connectivity index is 0.659. The molecule has 416 valence electrons. The zero-order valence-electron chi connectivity index (χ0n) is 48.4. The van der Waals surface area contributed by atoms with Crippen LogP contribution in [0.4, 0.5) is 11.4 Å². The normalized spacial score (nSPS) is 14.7. The van der Waals surface area contributed by atoms with Crippen molar-refractivity contribution in [1.29, 1.82) is 0 Å². The molecule has 0 radical (unpaired) electrons. The summed E-state index contributed by atoms with van der Waals surface area (Å²) < 4.78 is 14.2. The zero-order chi connectivity index (χ0) is 58.3. The third kappa shape index (κ3) is 7.62. The van der Waals surface area contributed by atoms with E-state index >= 15 is 0 Å². The molecule has 19 rings (SSSR count). The second-order valence-corrected chi connectivity index (χ2v) is 23.9. The number of furan rings is 1. The predicted molar refractivity (Wildman–Crippen MR) is 372 cm³/mol. The molecule has 5 heteroatoms. The molecule has 2 atom stereocenters. The maximum Gasteiger partial charge on any atom is 0.143 e. The number of hydrogen-bond acceptors (Lipinski definition) is 2. The summed E-state index contributed by atoms with van der Waals surface area (Å²) in [5.74, 6) is 0.166. The molecule has 0 fully saturated rings. The van der Waals surface area contributed by atoms with Gasteiger partial charge in [-0.05, 0) is 154 Å². The van der Waals surface area contributed by atoms with E-state index in [0.29, 0.717) is 0 Å². The molecule has 0 N–H and O–H groups in total. The minimum Gasteiger partial charge on any atom is -0.455 e. The number of benzene rings is 13. The van der Waals surface area contributed by atoms with E-state index in [1.165, 1.54) is 93.5 Å². The number of aromatic nitrogens is 3. The summed E-state index contributed by atoms with van der Waals surface area (Å²) in [6.07, 6.45) is 7.25. The molecule has 5 nitrogen and oxygen atoms in total. The summed E-state index contributed by atoms with van der Waals surface area (Å²) in [5.41, 5.74) is 25.3. The van der Waals surface area contributed by atoms with Crippen LogP contribution in [0.2, 0.25) is 0 Å². The SMILES string of the molecule is C1=CC2C(C=C1c1cccc(-n3c4ccccc4c4ccccc43)c1)c1ccccc1N2c1ccc2oc3c(-c4ccc5c6ccccc6n(-c6cccc(-c7cccc(-c8ccc9c(c8)c8ccccc8n9-c8ccccc8)c7)c6)c5c4)cccc3c2c1. The first kappa shape index (κ1) is 49.6.